The summed E-state index contributed by atoms with van der Waals surface area (Å²) in [6.45, 7) is 9.01. The zero-order valence-electron chi connectivity index (χ0n) is 13.1. The number of hydrogen-bond donors (Lipinski definition) is 1. The van der Waals surface area contributed by atoms with Crippen molar-refractivity contribution in [2.24, 2.45) is 5.73 Å². The summed E-state index contributed by atoms with van der Waals surface area (Å²) in [5.41, 5.74) is 5.65. The summed E-state index contributed by atoms with van der Waals surface area (Å²) in [6, 6.07) is 3.79. The van der Waals surface area contributed by atoms with Gasteiger partial charge in [0, 0.05) is 18.3 Å². The van der Waals surface area contributed by atoms with Gasteiger partial charge in [-0.25, -0.2) is 4.98 Å². The van der Waals surface area contributed by atoms with Crippen LogP contribution in [-0.2, 0) is 9.31 Å². The SMILES string of the molecule is CC1(C)OB(/C=C/c2cccnc2OCCN)OC1(C)C. The predicted molar refractivity (Wildman–Crippen MR) is 83.9 cm³/mol. The Balaban J connectivity index is 2.09. The van der Waals surface area contributed by atoms with Gasteiger partial charge in [-0.3, -0.25) is 0 Å². The minimum absolute atomic E-state index is 0.337. The smallest absolute Gasteiger partial charge is 0.476 e. The van der Waals surface area contributed by atoms with E-state index in [2.05, 4.69) is 4.98 Å². The van der Waals surface area contributed by atoms with E-state index < -0.39 is 0 Å². The second-order valence-corrected chi connectivity index (χ2v) is 6.02. The van der Waals surface area contributed by atoms with Crippen LogP contribution in [0, 0.1) is 0 Å². The fraction of sp³-hybridized carbons (Fsp3) is 0.533. The summed E-state index contributed by atoms with van der Waals surface area (Å²) in [6.07, 6.45) is 3.60. The van der Waals surface area contributed by atoms with Gasteiger partial charge in [-0.05, 0) is 39.8 Å². The highest BCUT2D eigenvalue weighted by molar-refractivity contribution is 6.52. The van der Waals surface area contributed by atoms with Gasteiger partial charge in [-0.1, -0.05) is 12.1 Å². The molecule has 0 aliphatic carbocycles. The van der Waals surface area contributed by atoms with Crippen molar-refractivity contribution in [3.63, 3.8) is 0 Å². The average Bonchev–Trinajstić information content (AvgIpc) is 2.63. The highest BCUT2D eigenvalue weighted by Gasteiger charge is 2.50. The molecule has 1 aromatic heterocycles. The molecule has 1 aliphatic heterocycles. The first-order valence-electron chi connectivity index (χ1n) is 7.17. The molecule has 114 valence electrons. The summed E-state index contributed by atoms with van der Waals surface area (Å²) in [5.74, 6) is 2.44. The molecule has 1 aromatic rings. The fourth-order valence-electron chi connectivity index (χ4n) is 1.96. The quantitative estimate of drug-likeness (QED) is 0.841. The number of rotatable bonds is 5. The predicted octanol–water partition coefficient (Wildman–Crippen LogP) is 2.06. The number of hydrogen-bond acceptors (Lipinski definition) is 5. The molecule has 0 radical (unpaired) electrons. The topological polar surface area (TPSA) is 66.6 Å². The monoisotopic (exact) mass is 290 g/mol. The van der Waals surface area contributed by atoms with Crippen molar-refractivity contribution in [3.05, 3.63) is 29.9 Å². The Labute approximate surface area is 126 Å². The summed E-state index contributed by atoms with van der Waals surface area (Å²) < 4.78 is 17.3. The third-order valence-electron chi connectivity index (χ3n) is 3.86. The number of nitrogens with zero attached hydrogens (tertiary/aromatic N) is 1. The third kappa shape index (κ3) is 3.64. The Morgan fingerprint density at radius 2 is 1.95 bits per heavy atom. The second-order valence-electron chi connectivity index (χ2n) is 6.02. The molecular weight excluding hydrogens is 267 g/mol. The van der Waals surface area contributed by atoms with Crippen molar-refractivity contribution in [2.45, 2.75) is 38.9 Å². The molecule has 0 spiro atoms. The van der Waals surface area contributed by atoms with Crippen molar-refractivity contribution < 1.29 is 14.0 Å². The van der Waals surface area contributed by atoms with Crippen LogP contribution in [0.4, 0.5) is 0 Å². The molecule has 6 heteroatoms. The van der Waals surface area contributed by atoms with Gasteiger partial charge in [0.2, 0.25) is 5.88 Å². The Hall–Kier alpha value is -1.37. The summed E-state index contributed by atoms with van der Waals surface area (Å²) >= 11 is 0. The van der Waals surface area contributed by atoms with Crippen molar-refractivity contribution in [1.82, 2.24) is 4.98 Å². The number of ether oxygens (including phenoxy) is 1. The van der Waals surface area contributed by atoms with Crippen LogP contribution in [-0.4, -0.2) is 36.5 Å². The molecule has 0 atom stereocenters. The maximum Gasteiger partial charge on any atom is 0.487 e. The van der Waals surface area contributed by atoms with E-state index in [0.29, 0.717) is 19.0 Å². The molecule has 5 nitrogen and oxygen atoms in total. The van der Waals surface area contributed by atoms with E-state index in [1.807, 2.05) is 51.9 Å². The van der Waals surface area contributed by atoms with Gasteiger partial charge in [0.1, 0.15) is 6.61 Å². The lowest BCUT2D eigenvalue weighted by atomic mass is 9.89. The van der Waals surface area contributed by atoms with Gasteiger partial charge in [-0.15, -0.1) is 0 Å². The molecule has 0 saturated carbocycles. The van der Waals surface area contributed by atoms with Gasteiger partial charge < -0.3 is 19.8 Å². The standard InChI is InChI=1S/C15H23BN2O3/c1-14(2)15(3,4)21-16(20-14)8-7-12-6-5-10-18-13(12)19-11-9-17/h5-8,10H,9,11,17H2,1-4H3/b8-7+. The Kier molecular flexibility index (Phi) is 4.71. The normalized spacial score (nSPS) is 20.1. The maximum atomic E-state index is 5.92. The molecule has 0 bridgehead atoms. The van der Waals surface area contributed by atoms with Gasteiger partial charge in [0.05, 0.1) is 11.2 Å². The number of pyridine rings is 1. The zero-order valence-corrected chi connectivity index (χ0v) is 13.1. The number of nitrogens with two attached hydrogens (primary N) is 1. The Bertz CT molecular complexity index is 501. The first-order valence-corrected chi connectivity index (χ1v) is 7.17. The van der Waals surface area contributed by atoms with E-state index in [0.717, 1.165) is 5.56 Å². The second kappa shape index (κ2) is 6.18. The third-order valence-corrected chi connectivity index (χ3v) is 3.86. The lowest BCUT2D eigenvalue weighted by Gasteiger charge is -2.32. The van der Waals surface area contributed by atoms with Crippen molar-refractivity contribution in [1.29, 1.82) is 0 Å². The molecule has 0 aromatic carbocycles. The minimum atomic E-state index is -0.377. The number of aromatic nitrogens is 1. The van der Waals surface area contributed by atoms with Crippen LogP contribution in [0.15, 0.2) is 24.3 Å². The van der Waals surface area contributed by atoms with Crippen molar-refractivity contribution in [3.8, 4) is 5.88 Å². The molecule has 21 heavy (non-hydrogen) atoms. The van der Waals surface area contributed by atoms with E-state index in [9.17, 15) is 0 Å². The highest BCUT2D eigenvalue weighted by atomic mass is 16.7. The molecule has 1 saturated heterocycles. The Morgan fingerprint density at radius 3 is 2.57 bits per heavy atom. The minimum Gasteiger partial charge on any atom is -0.476 e. The fourth-order valence-corrected chi connectivity index (χ4v) is 1.96. The van der Waals surface area contributed by atoms with Gasteiger partial charge in [0.25, 0.3) is 0 Å². The largest absolute Gasteiger partial charge is 0.487 e. The van der Waals surface area contributed by atoms with Crippen LogP contribution >= 0.6 is 0 Å². The Morgan fingerprint density at radius 1 is 1.29 bits per heavy atom. The van der Waals surface area contributed by atoms with Crippen molar-refractivity contribution >= 4 is 13.2 Å². The van der Waals surface area contributed by atoms with Crippen LogP contribution in [0.2, 0.25) is 0 Å². The van der Waals surface area contributed by atoms with Crippen LogP contribution in [0.1, 0.15) is 33.3 Å². The molecular formula is C15H23BN2O3. The van der Waals surface area contributed by atoms with Gasteiger partial charge >= 0.3 is 7.12 Å². The van der Waals surface area contributed by atoms with E-state index >= 15 is 0 Å². The molecule has 2 N–H and O–H groups in total. The first-order chi connectivity index (χ1) is 9.86. The maximum absolute atomic E-state index is 5.92. The molecule has 0 amide bonds. The molecule has 2 rings (SSSR count). The van der Waals surface area contributed by atoms with E-state index in [4.69, 9.17) is 19.8 Å². The van der Waals surface area contributed by atoms with Crippen LogP contribution in [0.3, 0.4) is 0 Å². The van der Waals surface area contributed by atoms with Crippen LogP contribution in [0.5, 0.6) is 5.88 Å². The first kappa shape index (κ1) is 16.0. The van der Waals surface area contributed by atoms with E-state index in [-0.39, 0.29) is 18.3 Å². The average molecular weight is 290 g/mol. The molecule has 1 aliphatic rings. The van der Waals surface area contributed by atoms with Gasteiger partial charge in [0.15, 0.2) is 0 Å². The van der Waals surface area contributed by atoms with Crippen LogP contribution in [0.25, 0.3) is 6.08 Å². The lowest BCUT2D eigenvalue weighted by molar-refractivity contribution is 0.00578. The van der Waals surface area contributed by atoms with Gasteiger partial charge in [-0.2, -0.15) is 0 Å². The summed E-state index contributed by atoms with van der Waals surface area (Å²) in [5, 5.41) is 0. The lowest BCUT2D eigenvalue weighted by Crippen LogP contribution is -2.41. The van der Waals surface area contributed by atoms with Crippen molar-refractivity contribution in [2.75, 3.05) is 13.2 Å². The van der Waals surface area contributed by atoms with E-state index in [1.165, 1.54) is 0 Å². The zero-order chi connectivity index (χ0) is 15.5. The molecule has 2 heterocycles. The summed E-state index contributed by atoms with van der Waals surface area (Å²) in [4.78, 5) is 4.21. The molecule has 1 fully saturated rings. The molecule has 0 unspecified atom stereocenters. The summed E-state index contributed by atoms with van der Waals surface area (Å²) in [7, 11) is -0.377. The highest BCUT2D eigenvalue weighted by Crippen LogP contribution is 2.37. The van der Waals surface area contributed by atoms with E-state index in [1.54, 1.807) is 6.20 Å². The van der Waals surface area contributed by atoms with Crippen LogP contribution < -0.4 is 10.5 Å².